The number of hydrogen-bond donors (Lipinski definition) is 0. The van der Waals surface area contributed by atoms with Gasteiger partial charge in [0.2, 0.25) is 0 Å². The number of thioether (sulfide) groups is 1. The minimum atomic E-state index is -4.37. The Morgan fingerprint density at radius 3 is 2.56 bits per heavy atom. The third-order valence-electron chi connectivity index (χ3n) is 2.05. The molecule has 0 amide bonds. The molecule has 0 aliphatic carbocycles. The Bertz CT molecular complexity index is 437. The van der Waals surface area contributed by atoms with Gasteiger partial charge in [-0.3, -0.25) is 4.79 Å². The van der Waals surface area contributed by atoms with Crippen LogP contribution in [-0.2, 0) is 16.5 Å². The molecule has 0 atom stereocenters. The van der Waals surface area contributed by atoms with E-state index in [-0.39, 0.29) is 34.7 Å². The molecule has 1 aromatic carbocycles. The largest absolute Gasteiger partial charge is 0.446 e. The number of rotatable bonds is 5. The number of carbonyl (C=O) groups is 1. The van der Waals surface area contributed by atoms with Crippen LogP contribution in [0.25, 0.3) is 0 Å². The first-order valence-corrected chi connectivity index (χ1v) is 7.34. The molecule has 7 heteroatoms. The second kappa shape index (κ2) is 6.82. The molecule has 100 valence electrons. The summed E-state index contributed by atoms with van der Waals surface area (Å²) in [6, 6.07) is 4.66. The highest BCUT2D eigenvalue weighted by Gasteiger charge is 2.30. The van der Waals surface area contributed by atoms with Crippen molar-refractivity contribution in [3.8, 4) is 0 Å². The van der Waals surface area contributed by atoms with Gasteiger partial charge < -0.3 is 0 Å². The lowest BCUT2D eigenvalue weighted by Gasteiger charge is -2.11. The molecule has 0 N–H and O–H groups in total. The van der Waals surface area contributed by atoms with E-state index in [0.29, 0.717) is 10.9 Å². The lowest BCUT2D eigenvalue weighted by Crippen LogP contribution is -2.07. The zero-order chi connectivity index (χ0) is 13.8. The average Bonchev–Trinajstić information content (AvgIpc) is 2.29. The predicted octanol–water partition coefficient (Wildman–Crippen LogP) is 4.54. The van der Waals surface area contributed by atoms with E-state index >= 15 is 0 Å². The van der Waals surface area contributed by atoms with E-state index in [4.69, 9.17) is 11.6 Å². The van der Waals surface area contributed by atoms with Gasteiger partial charge in [0, 0.05) is 16.6 Å². The summed E-state index contributed by atoms with van der Waals surface area (Å²) in [5.41, 5.74) is -3.29. The second-order valence-electron chi connectivity index (χ2n) is 3.47. The standard InChI is InChI=1S/C11H9BrClF3OS/c12-5-7-1-2-8(4-9(17)6-13)10(3-7)18-11(14,15)16/h1-3H,4-6H2. The van der Waals surface area contributed by atoms with Crippen molar-refractivity contribution in [2.24, 2.45) is 0 Å². The zero-order valence-electron chi connectivity index (χ0n) is 9.06. The molecule has 0 aliphatic heterocycles. The molecule has 0 heterocycles. The molecule has 0 bridgehead atoms. The Morgan fingerprint density at radius 1 is 1.39 bits per heavy atom. The van der Waals surface area contributed by atoms with Crippen molar-refractivity contribution in [1.29, 1.82) is 0 Å². The summed E-state index contributed by atoms with van der Waals surface area (Å²) in [6.07, 6.45) is -0.0789. The van der Waals surface area contributed by atoms with Crippen LogP contribution in [0.5, 0.6) is 0 Å². The van der Waals surface area contributed by atoms with Crippen LogP contribution in [0, 0.1) is 0 Å². The zero-order valence-corrected chi connectivity index (χ0v) is 12.2. The monoisotopic (exact) mass is 360 g/mol. The fraction of sp³-hybridized carbons (Fsp3) is 0.364. The number of alkyl halides is 5. The van der Waals surface area contributed by atoms with Crippen LogP contribution in [-0.4, -0.2) is 17.2 Å². The highest BCUT2D eigenvalue weighted by Crippen LogP contribution is 2.39. The number of carbonyl (C=O) groups excluding carboxylic acids is 1. The Balaban J connectivity index is 3.04. The molecule has 0 spiro atoms. The molecule has 0 aromatic heterocycles. The van der Waals surface area contributed by atoms with Crippen molar-refractivity contribution >= 4 is 45.1 Å². The van der Waals surface area contributed by atoms with Gasteiger partial charge in [0.05, 0.1) is 5.88 Å². The Kier molecular flexibility index (Phi) is 6.01. The summed E-state index contributed by atoms with van der Waals surface area (Å²) < 4.78 is 37.2. The predicted molar refractivity (Wildman–Crippen MR) is 70.4 cm³/mol. The number of hydrogen-bond acceptors (Lipinski definition) is 2. The van der Waals surface area contributed by atoms with Crippen molar-refractivity contribution in [2.45, 2.75) is 22.2 Å². The van der Waals surface area contributed by atoms with Crippen LogP contribution in [0.15, 0.2) is 23.1 Å². The van der Waals surface area contributed by atoms with Crippen LogP contribution in [0.2, 0.25) is 0 Å². The van der Waals surface area contributed by atoms with E-state index in [1.807, 2.05) is 0 Å². The first-order valence-electron chi connectivity index (χ1n) is 4.87. The lowest BCUT2D eigenvalue weighted by atomic mass is 10.1. The van der Waals surface area contributed by atoms with Gasteiger partial charge in [0.15, 0.2) is 5.78 Å². The van der Waals surface area contributed by atoms with Gasteiger partial charge >= 0.3 is 5.51 Å². The smallest absolute Gasteiger partial charge is 0.298 e. The van der Waals surface area contributed by atoms with Crippen molar-refractivity contribution in [1.82, 2.24) is 0 Å². The SMILES string of the molecule is O=C(CCl)Cc1ccc(CBr)cc1SC(F)(F)F. The quantitative estimate of drug-likeness (QED) is 0.565. The molecular weight excluding hydrogens is 353 g/mol. The van der Waals surface area contributed by atoms with E-state index in [9.17, 15) is 18.0 Å². The first kappa shape index (κ1) is 15.9. The summed E-state index contributed by atoms with van der Waals surface area (Å²) in [7, 11) is 0. The van der Waals surface area contributed by atoms with E-state index < -0.39 is 5.51 Å². The van der Waals surface area contributed by atoms with Crippen LogP contribution in [0.3, 0.4) is 0 Å². The van der Waals surface area contributed by atoms with Crippen LogP contribution < -0.4 is 0 Å². The van der Waals surface area contributed by atoms with Crippen LogP contribution in [0.1, 0.15) is 11.1 Å². The molecule has 18 heavy (non-hydrogen) atoms. The number of halogens is 5. The molecule has 0 saturated carbocycles. The van der Waals surface area contributed by atoms with Crippen molar-refractivity contribution in [2.75, 3.05) is 5.88 Å². The molecule has 0 radical (unpaired) electrons. The lowest BCUT2D eigenvalue weighted by molar-refractivity contribution is -0.116. The highest BCUT2D eigenvalue weighted by atomic mass is 79.9. The Hall–Kier alpha value is -0.200. The maximum Gasteiger partial charge on any atom is 0.446 e. The summed E-state index contributed by atoms with van der Waals surface area (Å²) in [4.78, 5) is 11.3. The van der Waals surface area contributed by atoms with Crippen molar-refractivity contribution < 1.29 is 18.0 Å². The third-order valence-corrected chi connectivity index (χ3v) is 3.83. The highest BCUT2D eigenvalue weighted by molar-refractivity contribution is 9.08. The summed E-state index contributed by atoms with van der Waals surface area (Å²) in [5.74, 6) is -0.497. The number of ketones is 1. The first-order chi connectivity index (χ1) is 8.35. The van der Waals surface area contributed by atoms with Gasteiger partial charge in [-0.25, -0.2) is 0 Å². The molecule has 0 saturated heterocycles. The topological polar surface area (TPSA) is 17.1 Å². The summed E-state index contributed by atoms with van der Waals surface area (Å²) >= 11 is 8.33. The second-order valence-corrected chi connectivity index (χ2v) is 5.41. The van der Waals surface area contributed by atoms with Gasteiger partial charge in [-0.2, -0.15) is 13.2 Å². The molecule has 0 unspecified atom stereocenters. The summed E-state index contributed by atoms with van der Waals surface area (Å²) in [5, 5.41) is 0.460. The van der Waals surface area contributed by atoms with Crippen LogP contribution in [0.4, 0.5) is 13.2 Å². The van der Waals surface area contributed by atoms with E-state index in [1.165, 1.54) is 12.1 Å². The van der Waals surface area contributed by atoms with Gasteiger partial charge in [-0.05, 0) is 29.0 Å². The molecule has 0 aliphatic rings. The maximum atomic E-state index is 12.4. The molecule has 1 rings (SSSR count). The molecule has 1 nitrogen and oxygen atoms in total. The molecule has 0 fully saturated rings. The maximum absolute atomic E-state index is 12.4. The fourth-order valence-electron chi connectivity index (χ4n) is 1.31. The minimum absolute atomic E-state index is 0.0536. The number of Topliss-reactive ketones (excluding diaryl/α,β-unsaturated/α-hetero) is 1. The van der Waals surface area contributed by atoms with Crippen molar-refractivity contribution in [3.63, 3.8) is 0 Å². The van der Waals surface area contributed by atoms with E-state index in [0.717, 1.165) is 5.56 Å². The minimum Gasteiger partial charge on any atom is -0.298 e. The van der Waals surface area contributed by atoms with Crippen molar-refractivity contribution in [3.05, 3.63) is 29.3 Å². The molecular formula is C11H9BrClF3OS. The Labute approximate surface area is 120 Å². The van der Waals surface area contributed by atoms with Gasteiger partial charge in [0.25, 0.3) is 0 Å². The average molecular weight is 362 g/mol. The Morgan fingerprint density at radius 2 is 2.06 bits per heavy atom. The van der Waals surface area contributed by atoms with E-state index in [1.54, 1.807) is 6.07 Å². The number of benzene rings is 1. The van der Waals surface area contributed by atoms with Crippen LogP contribution >= 0.6 is 39.3 Å². The van der Waals surface area contributed by atoms with Gasteiger partial charge in [0.1, 0.15) is 0 Å². The summed E-state index contributed by atoms with van der Waals surface area (Å²) in [6.45, 7) is 0. The van der Waals surface area contributed by atoms with Gasteiger partial charge in [-0.15, -0.1) is 11.6 Å². The normalized spacial score (nSPS) is 11.6. The van der Waals surface area contributed by atoms with Gasteiger partial charge in [-0.1, -0.05) is 28.1 Å². The van der Waals surface area contributed by atoms with E-state index in [2.05, 4.69) is 15.9 Å². The fourth-order valence-corrected chi connectivity index (χ4v) is 2.48. The molecule has 1 aromatic rings. The third kappa shape index (κ3) is 5.20.